The number of nitrogens with zero attached hydrogens (tertiary/aromatic N) is 2. The van der Waals surface area contributed by atoms with Gasteiger partial charge in [-0.05, 0) is 42.7 Å². The lowest BCUT2D eigenvalue weighted by atomic mass is 10.1. The molecule has 0 saturated carbocycles. The van der Waals surface area contributed by atoms with Crippen molar-refractivity contribution in [3.63, 3.8) is 0 Å². The molecule has 2 heterocycles. The van der Waals surface area contributed by atoms with Gasteiger partial charge in [0.25, 0.3) is 5.91 Å². The number of oxazole rings is 1. The van der Waals surface area contributed by atoms with E-state index in [4.69, 9.17) is 37.1 Å². The Balaban J connectivity index is 1.54. The van der Waals surface area contributed by atoms with Crippen LogP contribution in [0.25, 0.3) is 0 Å². The number of hydrogen-bond acceptors (Lipinski definition) is 6. The molecule has 3 aromatic rings. The molecule has 1 N–H and O–H groups in total. The summed E-state index contributed by atoms with van der Waals surface area (Å²) in [7, 11) is 0. The first-order chi connectivity index (χ1) is 15.9. The highest BCUT2D eigenvalue weighted by Crippen LogP contribution is 2.33. The number of ether oxygens (including phenoxy) is 2. The van der Waals surface area contributed by atoms with Gasteiger partial charge in [0.15, 0.2) is 17.2 Å². The van der Waals surface area contributed by atoms with Crippen molar-refractivity contribution in [3.05, 3.63) is 75.4 Å². The van der Waals surface area contributed by atoms with Crippen molar-refractivity contribution in [1.82, 2.24) is 15.2 Å². The number of nitrogens with one attached hydrogen (secondary N) is 1. The average molecular weight is 490 g/mol. The maximum atomic E-state index is 12.4. The lowest BCUT2D eigenvalue weighted by Crippen LogP contribution is -2.32. The SMILES string of the molecule is CCC(C)NC(=O)c1coc(CN(Cc2ccc3c(c2)OCO3)Cc2cccc(Cl)c2Cl)n1. The van der Waals surface area contributed by atoms with Crippen molar-refractivity contribution >= 4 is 29.1 Å². The molecule has 1 aliphatic heterocycles. The first kappa shape index (κ1) is 23.4. The van der Waals surface area contributed by atoms with E-state index in [1.54, 1.807) is 6.07 Å². The molecule has 1 aromatic heterocycles. The quantitative estimate of drug-likeness (QED) is 0.431. The van der Waals surface area contributed by atoms with Crippen LogP contribution in [-0.4, -0.2) is 28.6 Å². The summed E-state index contributed by atoms with van der Waals surface area (Å²) in [6, 6.07) is 11.4. The molecular weight excluding hydrogens is 465 g/mol. The zero-order valence-electron chi connectivity index (χ0n) is 18.4. The molecule has 9 heteroatoms. The average Bonchev–Trinajstić information content (AvgIpc) is 3.46. The van der Waals surface area contributed by atoms with E-state index in [1.165, 1.54) is 6.26 Å². The zero-order valence-corrected chi connectivity index (χ0v) is 19.9. The van der Waals surface area contributed by atoms with E-state index in [-0.39, 0.29) is 24.4 Å². The van der Waals surface area contributed by atoms with Gasteiger partial charge in [-0.3, -0.25) is 9.69 Å². The van der Waals surface area contributed by atoms with Crippen molar-refractivity contribution in [2.45, 2.75) is 45.9 Å². The second kappa shape index (κ2) is 10.5. The van der Waals surface area contributed by atoms with Gasteiger partial charge >= 0.3 is 0 Å². The fraction of sp³-hybridized carbons (Fsp3) is 0.333. The topological polar surface area (TPSA) is 76.8 Å². The first-order valence-corrected chi connectivity index (χ1v) is 11.5. The molecule has 0 bridgehead atoms. The van der Waals surface area contributed by atoms with E-state index in [2.05, 4.69) is 15.2 Å². The molecule has 0 radical (unpaired) electrons. The van der Waals surface area contributed by atoms with Crippen molar-refractivity contribution < 1.29 is 18.7 Å². The van der Waals surface area contributed by atoms with E-state index >= 15 is 0 Å². The first-order valence-electron chi connectivity index (χ1n) is 10.7. The fourth-order valence-electron chi connectivity index (χ4n) is 3.46. The van der Waals surface area contributed by atoms with E-state index in [0.717, 1.165) is 23.3 Å². The molecule has 1 aliphatic rings. The zero-order chi connectivity index (χ0) is 23.4. The van der Waals surface area contributed by atoms with Crippen LogP contribution in [-0.2, 0) is 19.6 Å². The van der Waals surface area contributed by atoms with Gasteiger partial charge < -0.3 is 19.2 Å². The third-order valence-corrected chi connectivity index (χ3v) is 6.26. The van der Waals surface area contributed by atoms with E-state index in [1.807, 2.05) is 44.2 Å². The Bertz CT molecular complexity index is 1130. The molecule has 7 nitrogen and oxygen atoms in total. The van der Waals surface area contributed by atoms with Crippen molar-refractivity contribution in [1.29, 1.82) is 0 Å². The number of amides is 1. The summed E-state index contributed by atoms with van der Waals surface area (Å²) in [5.74, 6) is 1.63. The van der Waals surface area contributed by atoms with Crippen LogP contribution in [0.2, 0.25) is 10.0 Å². The Kier molecular flexibility index (Phi) is 7.42. The summed E-state index contributed by atoms with van der Waals surface area (Å²) in [5.41, 5.74) is 2.17. The van der Waals surface area contributed by atoms with Crippen LogP contribution in [0.3, 0.4) is 0 Å². The van der Waals surface area contributed by atoms with Gasteiger partial charge in [-0.25, -0.2) is 4.98 Å². The maximum Gasteiger partial charge on any atom is 0.273 e. The van der Waals surface area contributed by atoms with Gasteiger partial charge in [-0.2, -0.15) is 0 Å². The maximum absolute atomic E-state index is 12.4. The number of aromatic nitrogens is 1. The summed E-state index contributed by atoms with van der Waals surface area (Å²) >= 11 is 12.7. The van der Waals surface area contributed by atoms with E-state index < -0.39 is 0 Å². The lowest BCUT2D eigenvalue weighted by Gasteiger charge is -2.22. The molecule has 4 rings (SSSR count). The Morgan fingerprint density at radius 2 is 1.97 bits per heavy atom. The summed E-state index contributed by atoms with van der Waals surface area (Å²) in [4.78, 5) is 18.9. The van der Waals surface area contributed by atoms with Crippen LogP contribution in [0.1, 0.15) is 47.8 Å². The van der Waals surface area contributed by atoms with Gasteiger partial charge in [0.2, 0.25) is 12.7 Å². The van der Waals surface area contributed by atoms with Gasteiger partial charge in [-0.15, -0.1) is 0 Å². The van der Waals surface area contributed by atoms with Crippen LogP contribution < -0.4 is 14.8 Å². The summed E-state index contributed by atoms with van der Waals surface area (Å²) in [5, 5.41) is 3.90. The Morgan fingerprint density at radius 3 is 2.79 bits per heavy atom. The Hall–Kier alpha value is -2.74. The molecule has 0 saturated heterocycles. The minimum absolute atomic E-state index is 0.0603. The summed E-state index contributed by atoms with van der Waals surface area (Å²) < 4.78 is 16.5. The second-order valence-corrected chi connectivity index (χ2v) is 8.74. The van der Waals surface area contributed by atoms with Gasteiger partial charge in [0, 0.05) is 19.1 Å². The predicted octanol–water partition coefficient (Wildman–Crippen LogP) is 5.44. The minimum atomic E-state index is -0.250. The predicted molar refractivity (Wildman–Crippen MR) is 126 cm³/mol. The van der Waals surface area contributed by atoms with Gasteiger partial charge in [0.05, 0.1) is 16.6 Å². The molecule has 33 heavy (non-hydrogen) atoms. The standard InChI is InChI=1S/C24H25Cl2N3O4/c1-3-15(2)27-24(30)19-13-31-22(28-19)12-29(11-17-5-4-6-18(25)23(17)26)10-16-7-8-20-21(9-16)33-14-32-20/h4-9,13,15H,3,10-12,14H2,1-2H3,(H,27,30). The lowest BCUT2D eigenvalue weighted by molar-refractivity contribution is 0.0934. The number of halogens is 2. The van der Waals surface area contributed by atoms with Crippen molar-refractivity contribution in [2.75, 3.05) is 6.79 Å². The van der Waals surface area contributed by atoms with Crippen molar-refractivity contribution in [3.8, 4) is 11.5 Å². The van der Waals surface area contributed by atoms with Crippen LogP contribution in [0, 0.1) is 0 Å². The van der Waals surface area contributed by atoms with E-state index in [0.29, 0.717) is 41.3 Å². The molecule has 0 spiro atoms. The highest BCUT2D eigenvalue weighted by atomic mass is 35.5. The fourth-order valence-corrected chi connectivity index (χ4v) is 3.84. The van der Waals surface area contributed by atoms with Gasteiger partial charge in [-0.1, -0.05) is 48.3 Å². The largest absolute Gasteiger partial charge is 0.454 e. The molecular formula is C24H25Cl2N3O4. The second-order valence-electron chi connectivity index (χ2n) is 7.95. The van der Waals surface area contributed by atoms with Crippen molar-refractivity contribution in [2.24, 2.45) is 0 Å². The highest BCUT2D eigenvalue weighted by Gasteiger charge is 2.19. The van der Waals surface area contributed by atoms with E-state index in [9.17, 15) is 4.79 Å². The number of hydrogen-bond donors (Lipinski definition) is 1. The highest BCUT2D eigenvalue weighted by molar-refractivity contribution is 6.42. The number of fused-ring (bicyclic) bond motifs is 1. The Labute approximate surface area is 202 Å². The number of carbonyl (C=O) groups excluding carboxylic acids is 1. The van der Waals surface area contributed by atoms with Crippen LogP contribution >= 0.6 is 23.2 Å². The van der Waals surface area contributed by atoms with Crippen LogP contribution in [0.15, 0.2) is 47.1 Å². The smallest absolute Gasteiger partial charge is 0.273 e. The number of benzene rings is 2. The normalized spacial score (nSPS) is 13.4. The summed E-state index contributed by atoms with van der Waals surface area (Å²) in [6.07, 6.45) is 2.22. The van der Waals surface area contributed by atoms with Crippen LogP contribution in [0.4, 0.5) is 0 Å². The number of carbonyl (C=O) groups is 1. The van der Waals surface area contributed by atoms with Crippen LogP contribution in [0.5, 0.6) is 11.5 Å². The third kappa shape index (κ3) is 5.79. The molecule has 2 aromatic carbocycles. The minimum Gasteiger partial charge on any atom is -0.454 e. The summed E-state index contributed by atoms with van der Waals surface area (Å²) in [6.45, 7) is 5.61. The van der Waals surface area contributed by atoms with Gasteiger partial charge in [0.1, 0.15) is 6.26 Å². The molecule has 0 fully saturated rings. The monoisotopic (exact) mass is 489 g/mol. The molecule has 1 atom stereocenters. The molecule has 174 valence electrons. The molecule has 1 unspecified atom stereocenters. The molecule has 0 aliphatic carbocycles. The molecule has 1 amide bonds. The Morgan fingerprint density at radius 1 is 1.15 bits per heavy atom. The number of rotatable bonds is 9. The third-order valence-electron chi connectivity index (χ3n) is 5.40.